The number of rotatable bonds is 3. The zero-order chi connectivity index (χ0) is 21.5. The first-order valence-electron chi connectivity index (χ1n) is 9.77. The summed E-state index contributed by atoms with van der Waals surface area (Å²) in [5.41, 5.74) is 2.69. The van der Waals surface area contributed by atoms with Crippen LogP contribution in [0.3, 0.4) is 0 Å². The van der Waals surface area contributed by atoms with E-state index in [0.29, 0.717) is 35.9 Å². The van der Waals surface area contributed by atoms with E-state index in [0.717, 1.165) is 16.5 Å². The van der Waals surface area contributed by atoms with E-state index >= 15 is 0 Å². The van der Waals surface area contributed by atoms with E-state index < -0.39 is 0 Å². The molecule has 1 atom stereocenters. The molecule has 0 saturated heterocycles. The van der Waals surface area contributed by atoms with Crippen molar-refractivity contribution in [3.63, 3.8) is 0 Å². The Labute approximate surface area is 181 Å². The van der Waals surface area contributed by atoms with Gasteiger partial charge < -0.3 is 9.47 Å². The fourth-order valence-corrected chi connectivity index (χ4v) is 4.54. The molecule has 0 fully saturated rings. The average molecular weight is 435 g/mol. The summed E-state index contributed by atoms with van der Waals surface area (Å²) in [7, 11) is 0. The molecule has 31 heavy (non-hydrogen) atoms. The molecule has 1 aromatic carbocycles. The maximum atomic E-state index is 13.3. The Bertz CT molecular complexity index is 1250. The predicted octanol–water partition coefficient (Wildman–Crippen LogP) is 3.52. The zero-order valence-corrected chi connectivity index (χ0v) is 17.7. The van der Waals surface area contributed by atoms with Crippen LogP contribution in [0.4, 0.5) is 4.39 Å². The summed E-state index contributed by atoms with van der Waals surface area (Å²) in [5.74, 6) is 0.888. The highest BCUT2D eigenvalue weighted by Crippen LogP contribution is 2.38. The lowest BCUT2D eigenvalue weighted by molar-refractivity contribution is 0.0645. The number of hydrogen-bond acceptors (Lipinski definition) is 7. The number of imidazole rings is 1. The van der Waals surface area contributed by atoms with Crippen LogP contribution >= 0.6 is 11.5 Å². The third-order valence-electron chi connectivity index (χ3n) is 5.33. The van der Waals surface area contributed by atoms with Crippen molar-refractivity contribution in [2.45, 2.75) is 26.4 Å². The van der Waals surface area contributed by atoms with Gasteiger partial charge in [0, 0.05) is 24.8 Å². The van der Waals surface area contributed by atoms with E-state index in [2.05, 4.69) is 23.9 Å². The molecule has 5 rings (SSSR count). The van der Waals surface area contributed by atoms with Crippen molar-refractivity contribution in [3.05, 3.63) is 65.8 Å². The van der Waals surface area contributed by atoms with Gasteiger partial charge in [-0.1, -0.05) is 0 Å². The van der Waals surface area contributed by atoms with E-state index in [1.165, 1.54) is 42.1 Å². The molecule has 8 nitrogen and oxygen atoms in total. The van der Waals surface area contributed by atoms with E-state index in [4.69, 9.17) is 4.98 Å². The van der Waals surface area contributed by atoms with Gasteiger partial charge in [0.05, 0.1) is 17.4 Å². The molecular weight excluding hydrogens is 417 g/mol. The molecule has 1 amide bonds. The van der Waals surface area contributed by atoms with Gasteiger partial charge in [0.15, 0.2) is 10.8 Å². The van der Waals surface area contributed by atoms with Crippen LogP contribution in [0.1, 0.15) is 34.8 Å². The SMILES string of the molecule is Cc1nsc(-c2nc(-c3ccncn3)c3n2CCN(C(=O)c2ccc(F)cc2)C3C)n1. The van der Waals surface area contributed by atoms with Crippen LogP contribution in [0.5, 0.6) is 0 Å². The van der Waals surface area contributed by atoms with Gasteiger partial charge in [0.1, 0.15) is 23.7 Å². The number of carbonyl (C=O) groups excluding carboxylic acids is 1. The van der Waals surface area contributed by atoms with Crippen molar-refractivity contribution >= 4 is 17.4 Å². The first-order chi connectivity index (χ1) is 15.0. The van der Waals surface area contributed by atoms with Crippen LogP contribution in [0.2, 0.25) is 0 Å². The number of fused-ring (bicyclic) bond motifs is 1. The third kappa shape index (κ3) is 3.38. The van der Waals surface area contributed by atoms with Gasteiger partial charge in [-0.05, 0) is 55.7 Å². The van der Waals surface area contributed by atoms with Gasteiger partial charge >= 0.3 is 0 Å². The second-order valence-corrected chi connectivity index (χ2v) is 8.00. The third-order valence-corrected chi connectivity index (χ3v) is 6.13. The molecular formula is C21H18FN7OS. The van der Waals surface area contributed by atoms with E-state index in [1.54, 1.807) is 17.2 Å². The first kappa shape index (κ1) is 19.4. The second-order valence-electron chi connectivity index (χ2n) is 7.24. The van der Waals surface area contributed by atoms with Crippen molar-refractivity contribution in [1.29, 1.82) is 0 Å². The molecule has 0 aliphatic carbocycles. The standard InChI is InChI=1S/C21H18FN7OS/c1-12-18-17(16-7-8-23-11-24-16)26-19(20-25-13(2)27-31-20)29(18)10-9-28(12)21(30)14-3-5-15(22)6-4-14/h3-8,11-12H,9-10H2,1-2H3. The molecule has 3 aromatic heterocycles. The largest absolute Gasteiger partial charge is 0.329 e. The molecule has 0 N–H and O–H groups in total. The highest BCUT2D eigenvalue weighted by molar-refractivity contribution is 7.09. The lowest BCUT2D eigenvalue weighted by Gasteiger charge is -2.35. The molecule has 0 spiro atoms. The maximum Gasteiger partial charge on any atom is 0.254 e. The Morgan fingerprint density at radius 3 is 2.65 bits per heavy atom. The summed E-state index contributed by atoms with van der Waals surface area (Å²) in [6, 6.07) is 7.15. The monoisotopic (exact) mass is 435 g/mol. The number of benzene rings is 1. The topological polar surface area (TPSA) is 89.7 Å². The number of halogens is 1. The number of carbonyl (C=O) groups is 1. The smallest absolute Gasteiger partial charge is 0.254 e. The molecule has 1 aliphatic rings. The van der Waals surface area contributed by atoms with E-state index in [1.807, 2.05) is 13.8 Å². The summed E-state index contributed by atoms with van der Waals surface area (Å²) in [6.45, 7) is 4.86. The fraction of sp³-hybridized carbons (Fsp3) is 0.238. The Kier molecular flexibility index (Phi) is 4.78. The van der Waals surface area contributed by atoms with Crippen LogP contribution in [0.15, 0.2) is 42.9 Å². The summed E-state index contributed by atoms with van der Waals surface area (Å²) < 4.78 is 19.7. The summed E-state index contributed by atoms with van der Waals surface area (Å²) >= 11 is 1.30. The van der Waals surface area contributed by atoms with E-state index in [9.17, 15) is 9.18 Å². The van der Waals surface area contributed by atoms with Crippen LogP contribution < -0.4 is 0 Å². The first-order valence-corrected chi connectivity index (χ1v) is 10.5. The molecule has 4 heterocycles. The number of nitrogens with zero attached hydrogens (tertiary/aromatic N) is 7. The van der Waals surface area contributed by atoms with Crippen LogP contribution in [0, 0.1) is 12.7 Å². The minimum absolute atomic E-state index is 0.151. The highest BCUT2D eigenvalue weighted by Gasteiger charge is 2.35. The number of aryl methyl sites for hydroxylation is 1. The molecule has 0 radical (unpaired) electrons. The molecule has 4 aromatic rings. The minimum atomic E-state index is -0.371. The highest BCUT2D eigenvalue weighted by atomic mass is 32.1. The second kappa shape index (κ2) is 7.62. The van der Waals surface area contributed by atoms with Gasteiger partial charge in [-0.25, -0.2) is 24.3 Å². The molecule has 0 bridgehead atoms. The maximum absolute atomic E-state index is 13.3. The Hall–Kier alpha value is -3.53. The van der Waals surface area contributed by atoms with Crippen LogP contribution in [-0.4, -0.2) is 46.2 Å². The predicted molar refractivity (Wildman–Crippen MR) is 113 cm³/mol. The minimum Gasteiger partial charge on any atom is -0.329 e. The van der Waals surface area contributed by atoms with Gasteiger partial charge in [-0.3, -0.25) is 4.79 Å². The van der Waals surface area contributed by atoms with Crippen LogP contribution in [-0.2, 0) is 6.54 Å². The van der Waals surface area contributed by atoms with Gasteiger partial charge in [0.25, 0.3) is 5.91 Å². The normalized spacial score (nSPS) is 15.7. The average Bonchev–Trinajstić information content (AvgIpc) is 3.39. The van der Waals surface area contributed by atoms with Crippen molar-refractivity contribution in [3.8, 4) is 22.2 Å². The number of aromatic nitrogens is 6. The summed E-state index contributed by atoms with van der Waals surface area (Å²) in [4.78, 5) is 32.7. The molecule has 10 heteroatoms. The number of hydrogen-bond donors (Lipinski definition) is 0. The lowest BCUT2D eigenvalue weighted by atomic mass is 10.1. The quantitative estimate of drug-likeness (QED) is 0.489. The van der Waals surface area contributed by atoms with Crippen molar-refractivity contribution in [2.75, 3.05) is 6.54 Å². The van der Waals surface area contributed by atoms with Gasteiger partial charge in [-0.15, -0.1) is 0 Å². The molecule has 0 saturated carbocycles. The van der Waals surface area contributed by atoms with Gasteiger partial charge in [0.2, 0.25) is 0 Å². The molecule has 1 aliphatic heterocycles. The van der Waals surface area contributed by atoms with Crippen molar-refractivity contribution < 1.29 is 9.18 Å². The Morgan fingerprint density at radius 1 is 1.16 bits per heavy atom. The summed E-state index contributed by atoms with van der Waals surface area (Å²) in [6.07, 6.45) is 3.14. The van der Waals surface area contributed by atoms with E-state index in [-0.39, 0.29) is 17.8 Å². The van der Waals surface area contributed by atoms with Crippen LogP contribution in [0.25, 0.3) is 22.2 Å². The van der Waals surface area contributed by atoms with Crippen molar-refractivity contribution in [1.82, 2.24) is 33.8 Å². The fourth-order valence-electron chi connectivity index (χ4n) is 3.87. The molecule has 156 valence electrons. The van der Waals surface area contributed by atoms with Crippen molar-refractivity contribution in [2.24, 2.45) is 0 Å². The number of amides is 1. The summed E-state index contributed by atoms with van der Waals surface area (Å²) in [5, 5.41) is 0.726. The Balaban J connectivity index is 1.61. The zero-order valence-electron chi connectivity index (χ0n) is 16.9. The lowest BCUT2D eigenvalue weighted by Crippen LogP contribution is -2.41. The van der Waals surface area contributed by atoms with Gasteiger partial charge in [-0.2, -0.15) is 4.37 Å². The molecule has 1 unspecified atom stereocenters. The Morgan fingerprint density at radius 2 is 1.97 bits per heavy atom.